The van der Waals surface area contributed by atoms with E-state index in [1.54, 1.807) is 18.2 Å². The molecule has 90 valence electrons. The lowest BCUT2D eigenvalue weighted by molar-refractivity contribution is 0.475. The molecule has 0 aliphatic heterocycles. The summed E-state index contributed by atoms with van der Waals surface area (Å²) in [6, 6.07) is 12.8. The number of hydrogen-bond acceptors (Lipinski definition) is 2. The van der Waals surface area contributed by atoms with Gasteiger partial charge in [0, 0.05) is 6.07 Å². The van der Waals surface area contributed by atoms with Crippen LogP contribution in [0.15, 0.2) is 42.5 Å². The summed E-state index contributed by atoms with van der Waals surface area (Å²) in [5.41, 5.74) is 2.59. The third kappa shape index (κ3) is 1.64. The van der Waals surface area contributed by atoms with Crippen LogP contribution in [0.1, 0.15) is 5.82 Å². The zero-order valence-corrected chi connectivity index (χ0v) is 10.5. The minimum Gasteiger partial charge on any atom is -0.508 e. The molecule has 0 spiro atoms. The molecule has 18 heavy (non-hydrogen) atoms. The molecule has 0 unspecified atom stereocenters. The molecular weight excluding hydrogens is 248 g/mol. The van der Waals surface area contributed by atoms with Crippen LogP contribution in [-0.2, 0) is 0 Å². The Morgan fingerprint density at radius 1 is 1.17 bits per heavy atom. The lowest BCUT2D eigenvalue weighted by Crippen LogP contribution is -1.96. The van der Waals surface area contributed by atoms with Crippen molar-refractivity contribution in [3.8, 4) is 11.4 Å². The van der Waals surface area contributed by atoms with E-state index in [2.05, 4.69) is 4.98 Å². The van der Waals surface area contributed by atoms with Crippen LogP contribution in [-0.4, -0.2) is 14.7 Å². The van der Waals surface area contributed by atoms with Crippen LogP contribution in [0.5, 0.6) is 5.75 Å². The number of rotatable bonds is 1. The molecule has 3 nitrogen and oxygen atoms in total. The Labute approximate surface area is 109 Å². The van der Waals surface area contributed by atoms with Crippen LogP contribution in [0.3, 0.4) is 0 Å². The fraction of sp³-hybridized carbons (Fsp3) is 0.0714. The zero-order chi connectivity index (χ0) is 12.7. The second-order valence-electron chi connectivity index (χ2n) is 4.12. The highest BCUT2D eigenvalue weighted by Gasteiger charge is 2.11. The van der Waals surface area contributed by atoms with Crippen molar-refractivity contribution in [2.24, 2.45) is 0 Å². The van der Waals surface area contributed by atoms with Crippen molar-refractivity contribution in [2.75, 3.05) is 0 Å². The summed E-state index contributed by atoms with van der Waals surface area (Å²) in [6.45, 7) is 1.92. The largest absolute Gasteiger partial charge is 0.508 e. The van der Waals surface area contributed by atoms with Gasteiger partial charge in [-0.3, -0.25) is 4.57 Å². The average Bonchev–Trinajstić information content (AvgIpc) is 2.67. The van der Waals surface area contributed by atoms with Gasteiger partial charge in [-0.05, 0) is 31.2 Å². The third-order valence-electron chi connectivity index (χ3n) is 2.89. The summed E-state index contributed by atoms with van der Waals surface area (Å²) in [4.78, 5) is 4.47. The smallest absolute Gasteiger partial charge is 0.117 e. The second kappa shape index (κ2) is 4.03. The number of benzene rings is 2. The van der Waals surface area contributed by atoms with Gasteiger partial charge >= 0.3 is 0 Å². The number of nitrogens with zero attached hydrogens (tertiary/aromatic N) is 2. The molecule has 0 bridgehead atoms. The van der Waals surface area contributed by atoms with E-state index >= 15 is 0 Å². The van der Waals surface area contributed by atoms with E-state index in [1.807, 2.05) is 35.8 Å². The van der Waals surface area contributed by atoms with Gasteiger partial charge < -0.3 is 5.11 Å². The zero-order valence-electron chi connectivity index (χ0n) is 9.76. The van der Waals surface area contributed by atoms with E-state index in [0.29, 0.717) is 5.02 Å². The first-order chi connectivity index (χ1) is 8.66. The van der Waals surface area contributed by atoms with Gasteiger partial charge in [-0.2, -0.15) is 0 Å². The molecule has 3 rings (SSSR count). The van der Waals surface area contributed by atoms with E-state index < -0.39 is 0 Å². The van der Waals surface area contributed by atoms with Gasteiger partial charge in [-0.25, -0.2) is 4.98 Å². The first kappa shape index (κ1) is 11.1. The Bertz CT molecular complexity index is 734. The standard InChI is InChI=1S/C14H11ClN2O/c1-9-16-14-12(15)6-3-7-13(14)17(9)10-4-2-5-11(18)8-10/h2-8,18H,1H3. The highest BCUT2D eigenvalue weighted by atomic mass is 35.5. The Hall–Kier alpha value is -2.00. The van der Waals surface area contributed by atoms with Crippen LogP contribution < -0.4 is 0 Å². The van der Waals surface area contributed by atoms with Crippen LogP contribution in [0.4, 0.5) is 0 Å². The molecule has 0 aliphatic rings. The topological polar surface area (TPSA) is 38.0 Å². The number of aromatic hydroxyl groups is 1. The van der Waals surface area contributed by atoms with Crippen LogP contribution in [0.2, 0.25) is 5.02 Å². The molecule has 1 heterocycles. The van der Waals surface area contributed by atoms with Crippen molar-refractivity contribution in [2.45, 2.75) is 6.92 Å². The average molecular weight is 259 g/mol. The molecule has 0 fully saturated rings. The van der Waals surface area contributed by atoms with Crippen molar-refractivity contribution in [3.63, 3.8) is 0 Å². The lowest BCUT2D eigenvalue weighted by atomic mass is 10.2. The summed E-state index contributed by atoms with van der Waals surface area (Å²) in [5, 5.41) is 10.2. The van der Waals surface area contributed by atoms with E-state index in [1.165, 1.54) is 0 Å². The number of phenols is 1. The molecule has 0 saturated heterocycles. The van der Waals surface area contributed by atoms with Gasteiger partial charge in [0.25, 0.3) is 0 Å². The van der Waals surface area contributed by atoms with Crippen LogP contribution in [0, 0.1) is 6.92 Å². The van der Waals surface area contributed by atoms with Crippen molar-refractivity contribution in [1.29, 1.82) is 0 Å². The number of aryl methyl sites for hydroxylation is 1. The van der Waals surface area contributed by atoms with Gasteiger partial charge in [0.1, 0.15) is 17.1 Å². The van der Waals surface area contributed by atoms with Crippen molar-refractivity contribution >= 4 is 22.6 Å². The van der Waals surface area contributed by atoms with Crippen LogP contribution >= 0.6 is 11.6 Å². The summed E-state index contributed by atoms with van der Waals surface area (Å²) in [7, 11) is 0. The molecule has 0 atom stereocenters. The van der Waals surface area contributed by atoms with Gasteiger partial charge in [0.05, 0.1) is 16.2 Å². The van der Waals surface area contributed by atoms with Gasteiger partial charge in [0.2, 0.25) is 0 Å². The third-order valence-corrected chi connectivity index (χ3v) is 3.20. The normalized spacial score (nSPS) is 11.0. The molecule has 1 N–H and O–H groups in total. The van der Waals surface area contributed by atoms with Crippen molar-refractivity contribution in [3.05, 3.63) is 53.3 Å². The van der Waals surface area contributed by atoms with Crippen molar-refractivity contribution in [1.82, 2.24) is 9.55 Å². The van der Waals surface area contributed by atoms with Gasteiger partial charge in [-0.1, -0.05) is 23.7 Å². The minimum absolute atomic E-state index is 0.232. The summed E-state index contributed by atoms with van der Waals surface area (Å²) in [6.07, 6.45) is 0. The number of aromatic nitrogens is 2. The summed E-state index contributed by atoms with van der Waals surface area (Å²) >= 11 is 6.14. The fourth-order valence-electron chi connectivity index (χ4n) is 2.14. The Morgan fingerprint density at radius 3 is 2.72 bits per heavy atom. The number of para-hydroxylation sites is 1. The molecule has 0 radical (unpaired) electrons. The molecule has 3 aromatic rings. The molecule has 1 aromatic heterocycles. The number of imidazole rings is 1. The Balaban J connectivity index is 2.36. The maximum atomic E-state index is 9.57. The molecule has 0 aliphatic carbocycles. The van der Waals surface area contributed by atoms with Crippen molar-refractivity contribution < 1.29 is 5.11 Å². The van der Waals surface area contributed by atoms with E-state index in [4.69, 9.17) is 11.6 Å². The Kier molecular flexibility index (Phi) is 2.49. The number of halogens is 1. The van der Waals surface area contributed by atoms with Gasteiger partial charge in [-0.15, -0.1) is 0 Å². The lowest BCUT2D eigenvalue weighted by Gasteiger charge is -2.07. The van der Waals surface area contributed by atoms with E-state index in [-0.39, 0.29) is 5.75 Å². The maximum absolute atomic E-state index is 9.57. The summed E-state index contributed by atoms with van der Waals surface area (Å²) in [5.74, 6) is 1.07. The minimum atomic E-state index is 0.232. The van der Waals surface area contributed by atoms with E-state index in [9.17, 15) is 5.11 Å². The first-order valence-electron chi connectivity index (χ1n) is 5.60. The number of phenolic OH excluding ortho intramolecular Hbond substituents is 1. The molecule has 4 heteroatoms. The number of hydrogen-bond donors (Lipinski definition) is 1. The predicted molar refractivity (Wildman–Crippen MR) is 72.5 cm³/mol. The van der Waals surface area contributed by atoms with E-state index in [0.717, 1.165) is 22.5 Å². The Morgan fingerprint density at radius 2 is 1.94 bits per heavy atom. The molecule has 0 saturated carbocycles. The second-order valence-corrected chi connectivity index (χ2v) is 4.53. The summed E-state index contributed by atoms with van der Waals surface area (Å²) < 4.78 is 1.97. The quantitative estimate of drug-likeness (QED) is 0.723. The molecule has 2 aromatic carbocycles. The maximum Gasteiger partial charge on any atom is 0.117 e. The van der Waals surface area contributed by atoms with Crippen LogP contribution in [0.25, 0.3) is 16.7 Å². The highest BCUT2D eigenvalue weighted by Crippen LogP contribution is 2.27. The monoisotopic (exact) mass is 258 g/mol. The van der Waals surface area contributed by atoms with Gasteiger partial charge in [0.15, 0.2) is 0 Å². The SMILES string of the molecule is Cc1nc2c(Cl)cccc2n1-c1cccc(O)c1. The predicted octanol–water partition coefficient (Wildman–Crippen LogP) is 3.69. The number of fused-ring (bicyclic) bond motifs is 1. The molecular formula is C14H11ClN2O. The first-order valence-corrected chi connectivity index (χ1v) is 5.97. The molecule has 0 amide bonds. The highest BCUT2D eigenvalue weighted by molar-refractivity contribution is 6.34. The fourth-order valence-corrected chi connectivity index (χ4v) is 2.35.